The topological polar surface area (TPSA) is 38.2 Å². The van der Waals surface area contributed by atoms with E-state index >= 15 is 0 Å². The molecule has 4 heteroatoms. The standard InChI is InChI=1S/C20H21N3O/c1-23(2)13-14-24-19-15-18(16-9-5-3-6-10-16)21-20(22-19)17-11-7-4-8-12-17/h3-12,15H,13-14H2,1-2H3. The van der Waals surface area contributed by atoms with Crippen molar-refractivity contribution >= 4 is 0 Å². The van der Waals surface area contributed by atoms with Gasteiger partial charge in [0.05, 0.1) is 5.69 Å². The largest absolute Gasteiger partial charge is 0.476 e. The van der Waals surface area contributed by atoms with Crippen molar-refractivity contribution in [2.24, 2.45) is 0 Å². The van der Waals surface area contributed by atoms with E-state index in [1.165, 1.54) is 0 Å². The Morgan fingerprint density at radius 1 is 0.833 bits per heavy atom. The van der Waals surface area contributed by atoms with Crippen LogP contribution in [0.2, 0.25) is 0 Å². The summed E-state index contributed by atoms with van der Waals surface area (Å²) in [4.78, 5) is 11.4. The van der Waals surface area contributed by atoms with Gasteiger partial charge in [0.15, 0.2) is 5.82 Å². The second-order valence-electron chi connectivity index (χ2n) is 5.80. The van der Waals surface area contributed by atoms with Gasteiger partial charge < -0.3 is 9.64 Å². The maximum Gasteiger partial charge on any atom is 0.217 e. The molecule has 1 aromatic heterocycles. The summed E-state index contributed by atoms with van der Waals surface area (Å²) in [6.07, 6.45) is 0. The predicted octanol–water partition coefficient (Wildman–Crippen LogP) is 3.75. The molecular formula is C20H21N3O. The highest BCUT2D eigenvalue weighted by molar-refractivity contribution is 5.64. The maximum absolute atomic E-state index is 5.85. The molecule has 0 aliphatic carbocycles. The Kier molecular flexibility index (Phi) is 5.18. The van der Waals surface area contributed by atoms with Gasteiger partial charge in [-0.25, -0.2) is 4.98 Å². The molecule has 122 valence electrons. The third-order valence-corrected chi connectivity index (χ3v) is 3.59. The average Bonchev–Trinajstić information content (AvgIpc) is 2.63. The third kappa shape index (κ3) is 4.18. The molecule has 0 radical (unpaired) electrons. The Labute approximate surface area is 142 Å². The molecular weight excluding hydrogens is 298 g/mol. The van der Waals surface area contributed by atoms with Crippen LogP contribution < -0.4 is 4.74 Å². The zero-order valence-corrected chi connectivity index (χ0v) is 14.0. The second-order valence-corrected chi connectivity index (χ2v) is 5.80. The van der Waals surface area contributed by atoms with Crippen LogP contribution in [0.4, 0.5) is 0 Å². The van der Waals surface area contributed by atoms with Gasteiger partial charge in [0, 0.05) is 23.7 Å². The Balaban J connectivity index is 1.96. The fourth-order valence-corrected chi connectivity index (χ4v) is 2.30. The van der Waals surface area contributed by atoms with E-state index in [1.807, 2.05) is 80.8 Å². The molecule has 0 aliphatic rings. The zero-order valence-electron chi connectivity index (χ0n) is 14.0. The number of ether oxygens (including phenoxy) is 1. The van der Waals surface area contributed by atoms with Crippen molar-refractivity contribution < 1.29 is 4.74 Å². The molecule has 0 atom stereocenters. The second kappa shape index (κ2) is 7.70. The summed E-state index contributed by atoms with van der Waals surface area (Å²) in [5, 5.41) is 0. The molecule has 24 heavy (non-hydrogen) atoms. The quantitative estimate of drug-likeness (QED) is 0.693. The molecule has 0 unspecified atom stereocenters. The van der Waals surface area contributed by atoms with Crippen LogP contribution >= 0.6 is 0 Å². The maximum atomic E-state index is 5.85. The van der Waals surface area contributed by atoms with Gasteiger partial charge in [0.2, 0.25) is 5.88 Å². The van der Waals surface area contributed by atoms with Crippen LogP contribution in [-0.2, 0) is 0 Å². The molecule has 0 N–H and O–H groups in total. The number of hydrogen-bond donors (Lipinski definition) is 0. The molecule has 0 amide bonds. The van der Waals surface area contributed by atoms with E-state index in [9.17, 15) is 0 Å². The summed E-state index contributed by atoms with van der Waals surface area (Å²) in [5.74, 6) is 1.28. The number of likely N-dealkylation sites (N-methyl/N-ethyl adjacent to an activating group) is 1. The Hall–Kier alpha value is -2.72. The fourth-order valence-electron chi connectivity index (χ4n) is 2.30. The fraction of sp³-hybridized carbons (Fsp3) is 0.200. The number of hydrogen-bond acceptors (Lipinski definition) is 4. The highest BCUT2D eigenvalue weighted by Gasteiger charge is 2.09. The summed E-state index contributed by atoms with van der Waals surface area (Å²) < 4.78 is 5.85. The van der Waals surface area contributed by atoms with Gasteiger partial charge in [0.1, 0.15) is 6.61 Å². The van der Waals surface area contributed by atoms with Crippen molar-refractivity contribution in [2.45, 2.75) is 0 Å². The molecule has 3 rings (SSSR count). The van der Waals surface area contributed by atoms with Crippen LogP contribution in [0, 0.1) is 0 Å². The third-order valence-electron chi connectivity index (χ3n) is 3.59. The van der Waals surface area contributed by atoms with Gasteiger partial charge in [0.25, 0.3) is 0 Å². The lowest BCUT2D eigenvalue weighted by atomic mass is 10.1. The van der Waals surface area contributed by atoms with Crippen LogP contribution in [0.5, 0.6) is 5.88 Å². The van der Waals surface area contributed by atoms with Gasteiger partial charge in [-0.2, -0.15) is 4.98 Å². The van der Waals surface area contributed by atoms with Crippen molar-refractivity contribution in [1.82, 2.24) is 14.9 Å². The first kappa shape index (κ1) is 16.1. The summed E-state index contributed by atoms with van der Waals surface area (Å²) in [7, 11) is 4.04. The van der Waals surface area contributed by atoms with Gasteiger partial charge in [-0.1, -0.05) is 60.7 Å². The number of aromatic nitrogens is 2. The van der Waals surface area contributed by atoms with Crippen LogP contribution in [-0.4, -0.2) is 42.1 Å². The summed E-state index contributed by atoms with van der Waals surface area (Å²) in [6, 6.07) is 22.0. The van der Waals surface area contributed by atoms with Crippen LogP contribution in [0.25, 0.3) is 22.6 Å². The molecule has 1 heterocycles. The average molecular weight is 319 g/mol. The van der Waals surface area contributed by atoms with Gasteiger partial charge in [-0.3, -0.25) is 0 Å². The molecule has 0 spiro atoms. The molecule has 0 saturated carbocycles. The lowest BCUT2D eigenvalue weighted by Crippen LogP contribution is -2.19. The minimum atomic E-state index is 0.590. The van der Waals surface area contributed by atoms with Crippen molar-refractivity contribution in [3.8, 4) is 28.5 Å². The van der Waals surface area contributed by atoms with Gasteiger partial charge in [-0.05, 0) is 14.1 Å². The Morgan fingerprint density at radius 3 is 2.08 bits per heavy atom. The normalized spacial score (nSPS) is 10.8. The van der Waals surface area contributed by atoms with Gasteiger partial charge >= 0.3 is 0 Å². The monoisotopic (exact) mass is 319 g/mol. The summed E-state index contributed by atoms with van der Waals surface area (Å²) in [5.41, 5.74) is 2.89. The van der Waals surface area contributed by atoms with Gasteiger partial charge in [-0.15, -0.1) is 0 Å². The van der Waals surface area contributed by atoms with Crippen molar-refractivity contribution in [2.75, 3.05) is 27.2 Å². The highest BCUT2D eigenvalue weighted by atomic mass is 16.5. The SMILES string of the molecule is CN(C)CCOc1cc(-c2ccccc2)nc(-c2ccccc2)n1. The first-order valence-electron chi connectivity index (χ1n) is 8.00. The predicted molar refractivity (Wildman–Crippen MR) is 97.0 cm³/mol. The number of nitrogens with zero attached hydrogens (tertiary/aromatic N) is 3. The minimum Gasteiger partial charge on any atom is -0.476 e. The molecule has 0 aliphatic heterocycles. The van der Waals surface area contributed by atoms with E-state index in [2.05, 4.69) is 9.88 Å². The van der Waals surface area contributed by atoms with E-state index < -0.39 is 0 Å². The summed E-state index contributed by atoms with van der Waals surface area (Å²) in [6.45, 7) is 1.43. The molecule has 0 fully saturated rings. The molecule has 3 aromatic rings. The van der Waals surface area contributed by atoms with E-state index in [0.29, 0.717) is 18.3 Å². The van der Waals surface area contributed by atoms with Crippen LogP contribution in [0.1, 0.15) is 0 Å². The number of rotatable bonds is 6. The Morgan fingerprint density at radius 2 is 1.46 bits per heavy atom. The minimum absolute atomic E-state index is 0.590. The lowest BCUT2D eigenvalue weighted by Gasteiger charge is -2.12. The molecule has 2 aromatic carbocycles. The van der Waals surface area contributed by atoms with Crippen molar-refractivity contribution in [1.29, 1.82) is 0 Å². The van der Waals surface area contributed by atoms with E-state index in [-0.39, 0.29) is 0 Å². The molecule has 0 saturated heterocycles. The van der Waals surface area contributed by atoms with Crippen molar-refractivity contribution in [3.63, 3.8) is 0 Å². The molecule has 0 bridgehead atoms. The van der Waals surface area contributed by atoms with E-state index in [1.54, 1.807) is 0 Å². The highest BCUT2D eigenvalue weighted by Crippen LogP contribution is 2.25. The van der Waals surface area contributed by atoms with Crippen LogP contribution in [0.15, 0.2) is 66.7 Å². The smallest absolute Gasteiger partial charge is 0.217 e. The Bertz CT molecular complexity index is 716. The molecule has 4 nitrogen and oxygen atoms in total. The zero-order chi connectivity index (χ0) is 16.8. The lowest BCUT2D eigenvalue weighted by molar-refractivity contribution is 0.254. The van der Waals surface area contributed by atoms with Crippen molar-refractivity contribution in [3.05, 3.63) is 66.7 Å². The number of benzene rings is 2. The van der Waals surface area contributed by atoms with Crippen LogP contribution in [0.3, 0.4) is 0 Å². The first-order chi connectivity index (χ1) is 11.7. The van der Waals surface area contributed by atoms with E-state index in [0.717, 1.165) is 23.4 Å². The summed E-state index contributed by atoms with van der Waals surface area (Å²) >= 11 is 0. The first-order valence-corrected chi connectivity index (χ1v) is 8.00. The van der Waals surface area contributed by atoms with E-state index in [4.69, 9.17) is 9.72 Å².